The van der Waals surface area contributed by atoms with Gasteiger partial charge in [0.2, 0.25) is 0 Å². The van der Waals surface area contributed by atoms with Gasteiger partial charge in [-0.2, -0.15) is 0 Å². The zero-order chi connectivity index (χ0) is 8.69. The minimum atomic E-state index is 0. The molecule has 0 radical (unpaired) electrons. The SMILES string of the molecule is CCOCCCN(C)C(=S)[S-].[Na+]. The Balaban J connectivity index is 0. The normalized spacial score (nSPS) is 8.83. The fraction of sp³-hybridized carbons (Fsp3) is 0.857. The van der Waals surface area contributed by atoms with Crippen LogP contribution in [0, 0.1) is 0 Å². The van der Waals surface area contributed by atoms with E-state index in [-0.39, 0.29) is 29.6 Å². The van der Waals surface area contributed by atoms with E-state index >= 15 is 0 Å². The molecule has 0 rings (SSSR count). The van der Waals surface area contributed by atoms with Crippen LogP contribution in [0.2, 0.25) is 0 Å². The molecule has 0 bridgehead atoms. The Bertz CT molecular complexity index is 124. The number of ether oxygens (including phenoxy) is 1. The van der Waals surface area contributed by atoms with Crippen LogP contribution in [0.1, 0.15) is 13.3 Å². The van der Waals surface area contributed by atoms with Crippen molar-refractivity contribution in [3.05, 3.63) is 0 Å². The van der Waals surface area contributed by atoms with Gasteiger partial charge in [0.25, 0.3) is 0 Å². The molecule has 66 valence electrons. The molecule has 0 unspecified atom stereocenters. The maximum absolute atomic E-state index is 5.16. The van der Waals surface area contributed by atoms with Crippen LogP contribution in [-0.2, 0) is 17.4 Å². The maximum atomic E-state index is 5.16. The summed E-state index contributed by atoms with van der Waals surface area (Å²) in [7, 11) is 1.90. The van der Waals surface area contributed by atoms with Crippen molar-refractivity contribution in [1.82, 2.24) is 4.90 Å². The van der Waals surface area contributed by atoms with Crippen LogP contribution in [0.3, 0.4) is 0 Å². The van der Waals surface area contributed by atoms with Gasteiger partial charge in [-0.15, -0.1) is 0 Å². The maximum Gasteiger partial charge on any atom is 1.00 e. The van der Waals surface area contributed by atoms with Gasteiger partial charge in [-0.05, 0) is 13.3 Å². The number of thiocarbonyl (C=S) groups is 1. The standard InChI is InChI=1S/C7H15NOS2.Na/c1-3-9-6-4-5-8(2)7(10)11;/h3-6H2,1-2H3,(H,10,11);/q;+1/p-1. The Hall–Kier alpha value is 1.07. The first-order chi connectivity index (χ1) is 5.18. The summed E-state index contributed by atoms with van der Waals surface area (Å²) in [6.07, 6.45) is 0.987. The zero-order valence-electron chi connectivity index (χ0n) is 8.00. The van der Waals surface area contributed by atoms with Crippen molar-refractivity contribution < 1.29 is 34.3 Å². The minimum Gasteiger partial charge on any atom is -0.411 e. The number of nitrogens with zero attached hydrogens (tertiary/aromatic N) is 1. The van der Waals surface area contributed by atoms with Crippen molar-refractivity contribution in [3.8, 4) is 0 Å². The summed E-state index contributed by atoms with van der Waals surface area (Å²) in [5.74, 6) is 0. The average molecular weight is 215 g/mol. The molecule has 0 heterocycles. The van der Waals surface area contributed by atoms with E-state index in [9.17, 15) is 0 Å². The molecule has 5 heteroatoms. The molecule has 0 aliphatic carbocycles. The van der Waals surface area contributed by atoms with Crippen LogP contribution in [0.5, 0.6) is 0 Å². The summed E-state index contributed by atoms with van der Waals surface area (Å²) < 4.78 is 5.69. The molecule has 0 aromatic heterocycles. The molecule has 0 N–H and O–H groups in total. The summed E-state index contributed by atoms with van der Waals surface area (Å²) in [5, 5.41) is 0. The first kappa shape index (κ1) is 15.5. The van der Waals surface area contributed by atoms with Crippen molar-refractivity contribution >= 4 is 29.2 Å². The van der Waals surface area contributed by atoms with Crippen molar-refractivity contribution in [2.45, 2.75) is 13.3 Å². The molecule has 0 spiro atoms. The second-order valence-corrected chi connectivity index (χ2v) is 3.27. The summed E-state index contributed by atoms with van der Waals surface area (Å²) in [5.41, 5.74) is 0. The van der Waals surface area contributed by atoms with E-state index in [0.29, 0.717) is 4.32 Å². The van der Waals surface area contributed by atoms with E-state index in [1.54, 1.807) is 0 Å². The van der Waals surface area contributed by atoms with Gasteiger partial charge in [-0.3, -0.25) is 0 Å². The summed E-state index contributed by atoms with van der Waals surface area (Å²) in [4.78, 5) is 1.88. The van der Waals surface area contributed by atoms with E-state index in [1.165, 1.54) is 0 Å². The monoisotopic (exact) mass is 215 g/mol. The molecule has 0 saturated carbocycles. The van der Waals surface area contributed by atoms with Gasteiger partial charge >= 0.3 is 29.6 Å². The molecule has 0 saturated heterocycles. The van der Waals surface area contributed by atoms with E-state index in [4.69, 9.17) is 29.6 Å². The smallest absolute Gasteiger partial charge is 0.411 e. The summed E-state index contributed by atoms with van der Waals surface area (Å²) >= 11 is 9.59. The van der Waals surface area contributed by atoms with Crippen molar-refractivity contribution in [2.24, 2.45) is 0 Å². The van der Waals surface area contributed by atoms with Crippen LogP contribution in [0.4, 0.5) is 0 Å². The van der Waals surface area contributed by atoms with E-state index in [1.807, 2.05) is 18.9 Å². The molecule has 0 aromatic rings. The number of hydrogen-bond donors (Lipinski definition) is 0. The third-order valence-electron chi connectivity index (χ3n) is 1.30. The predicted octanol–water partition coefficient (Wildman–Crippen LogP) is -1.82. The van der Waals surface area contributed by atoms with E-state index < -0.39 is 0 Å². The fourth-order valence-electron chi connectivity index (χ4n) is 0.639. The van der Waals surface area contributed by atoms with Gasteiger partial charge in [0.1, 0.15) is 0 Å². The summed E-state index contributed by atoms with van der Waals surface area (Å²) in [6.45, 7) is 4.45. The fourth-order valence-corrected chi connectivity index (χ4v) is 0.822. The van der Waals surface area contributed by atoms with Gasteiger partial charge in [0.05, 0.1) is 0 Å². The van der Waals surface area contributed by atoms with Crippen molar-refractivity contribution in [1.29, 1.82) is 0 Å². The van der Waals surface area contributed by atoms with Crippen LogP contribution in [0.15, 0.2) is 0 Å². The molecule has 0 fully saturated rings. The Morgan fingerprint density at radius 3 is 2.58 bits per heavy atom. The first-order valence-electron chi connectivity index (χ1n) is 3.68. The predicted molar refractivity (Wildman–Crippen MR) is 53.7 cm³/mol. The van der Waals surface area contributed by atoms with E-state index in [2.05, 4.69) is 0 Å². The zero-order valence-corrected chi connectivity index (χ0v) is 11.6. The molecular formula is C7H14NNaOS2. The van der Waals surface area contributed by atoms with Crippen LogP contribution in [0.25, 0.3) is 0 Å². The Kier molecular flexibility index (Phi) is 13.1. The topological polar surface area (TPSA) is 12.5 Å². The Morgan fingerprint density at radius 2 is 2.17 bits per heavy atom. The first-order valence-corrected chi connectivity index (χ1v) is 4.50. The second kappa shape index (κ2) is 10.2. The van der Waals surface area contributed by atoms with Crippen molar-refractivity contribution in [3.63, 3.8) is 0 Å². The minimum absolute atomic E-state index is 0. The molecule has 0 aromatic carbocycles. The van der Waals surface area contributed by atoms with Gasteiger partial charge in [-0.1, -0.05) is 4.32 Å². The van der Waals surface area contributed by atoms with Crippen molar-refractivity contribution in [2.75, 3.05) is 26.8 Å². The molecule has 0 amide bonds. The number of rotatable bonds is 5. The van der Waals surface area contributed by atoms with E-state index in [0.717, 1.165) is 26.2 Å². The third kappa shape index (κ3) is 9.16. The Labute approximate surface area is 108 Å². The molecule has 2 nitrogen and oxygen atoms in total. The van der Waals surface area contributed by atoms with Crippen LogP contribution < -0.4 is 29.6 Å². The Morgan fingerprint density at radius 1 is 1.58 bits per heavy atom. The third-order valence-corrected chi connectivity index (χ3v) is 1.92. The average Bonchev–Trinajstić information content (AvgIpc) is 1.97. The van der Waals surface area contributed by atoms with Gasteiger partial charge < -0.3 is 34.5 Å². The van der Waals surface area contributed by atoms with Crippen LogP contribution >= 0.6 is 12.2 Å². The summed E-state index contributed by atoms with van der Waals surface area (Å²) in [6, 6.07) is 0. The van der Waals surface area contributed by atoms with Gasteiger partial charge in [0.15, 0.2) is 0 Å². The second-order valence-electron chi connectivity index (χ2n) is 2.24. The quantitative estimate of drug-likeness (QED) is 0.232. The molecule has 0 atom stereocenters. The molecule has 0 aliphatic rings. The van der Waals surface area contributed by atoms with Crippen LogP contribution in [-0.4, -0.2) is 36.0 Å². The number of hydrogen-bond acceptors (Lipinski definition) is 3. The van der Waals surface area contributed by atoms with Gasteiger partial charge in [0, 0.05) is 26.8 Å². The molecular weight excluding hydrogens is 201 g/mol. The largest absolute Gasteiger partial charge is 1.00 e. The molecule has 0 aliphatic heterocycles. The molecule has 12 heavy (non-hydrogen) atoms. The van der Waals surface area contributed by atoms with Gasteiger partial charge in [-0.25, -0.2) is 0 Å².